The SMILES string of the molecule is Cc1cc2c3c([nH]c2cn1)CN(C)CC3. The first-order valence-electron chi connectivity index (χ1n) is 5.38. The summed E-state index contributed by atoms with van der Waals surface area (Å²) in [6.07, 6.45) is 3.10. The molecule has 2 aromatic heterocycles. The summed E-state index contributed by atoms with van der Waals surface area (Å²) >= 11 is 0. The van der Waals surface area contributed by atoms with E-state index >= 15 is 0 Å². The van der Waals surface area contributed by atoms with E-state index in [4.69, 9.17) is 0 Å². The highest BCUT2D eigenvalue weighted by molar-refractivity contribution is 5.84. The maximum atomic E-state index is 4.32. The summed E-state index contributed by atoms with van der Waals surface area (Å²) < 4.78 is 0. The number of aryl methyl sites for hydroxylation is 1. The van der Waals surface area contributed by atoms with Crippen LogP contribution < -0.4 is 0 Å². The van der Waals surface area contributed by atoms with E-state index in [0.29, 0.717) is 0 Å². The van der Waals surface area contributed by atoms with Crippen LogP contribution >= 0.6 is 0 Å². The van der Waals surface area contributed by atoms with Crippen molar-refractivity contribution in [2.24, 2.45) is 0 Å². The maximum Gasteiger partial charge on any atom is 0.0646 e. The van der Waals surface area contributed by atoms with Gasteiger partial charge in [0.1, 0.15) is 0 Å². The summed E-state index contributed by atoms with van der Waals surface area (Å²) in [6, 6.07) is 2.19. The number of nitrogens with zero attached hydrogens (tertiary/aromatic N) is 2. The van der Waals surface area contributed by atoms with Crippen molar-refractivity contribution in [3.05, 3.63) is 29.2 Å². The van der Waals surface area contributed by atoms with Crippen molar-refractivity contribution >= 4 is 10.9 Å². The van der Waals surface area contributed by atoms with E-state index < -0.39 is 0 Å². The minimum atomic E-state index is 1.03. The zero-order valence-electron chi connectivity index (χ0n) is 9.17. The van der Waals surface area contributed by atoms with Gasteiger partial charge in [-0.1, -0.05) is 0 Å². The van der Waals surface area contributed by atoms with Gasteiger partial charge in [-0.2, -0.15) is 0 Å². The Morgan fingerprint density at radius 2 is 2.33 bits per heavy atom. The molecule has 0 amide bonds. The number of rotatable bonds is 0. The molecule has 0 aliphatic carbocycles. The highest BCUT2D eigenvalue weighted by atomic mass is 15.1. The number of fused-ring (bicyclic) bond motifs is 3. The fourth-order valence-corrected chi connectivity index (χ4v) is 2.38. The van der Waals surface area contributed by atoms with Gasteiger partial charge in [0.15, 0.2) is 0 Å². The third-order valence-electron chi connectivity index (χ3n) is 3.19. The third-order valence-corrected chi connectivity index (χ3v) is 3.19. The number of aromatic amines is 1. The summed E-state index contributed by atoms with van der Waals surface area (Å²) in [6.45, 7) is 4.23. The molecule has 3 nitrogen and oxygen atoms in total. The standard InChI is InChI=1S/C12H15N3/c1-8-5-10-9-3-4-15(2)7-12(9)14-11(10)6-13-8/h5-6,14H,3-4,7H2,1-2H3. The molecule has 0 aromatic carbocycles. The van der Waals surface area contributed by atoms with Crippen molar-refractivity contribution in [3.8, 4) is 0 Å². The molecule has 0 bridgehead atoms. The number of aromatic nitrogens is 2. The van der Waals surface area contributed by atoms with Crippen molar-refractivity contribution in [2.75, 3.05) is 13.6 Å². The zero-order valence-corrected chi connectivity index (χ0v) is 9.17. The largest absolute Gasteiger partial charge is 0.356 e. The predicted molar refractivity (Wildman–Crippen MR) is 60.9 cm³/mol. The van der Waals surface area contributed by atoms with Crippen LogP contribution in [0.2, 0.25) is 0 Å². The Morgan fingerprint density at radius 3 is 3.20 bits per heavy atom. The van der Waals surface area contributed by atoms with Gasteiger partial charge in [0.25, 0.3) is 0 Å². The lowest BCUT2D eigenvalue weighted by Gasteiger charge is -2.22. The number of hydrogen-bond acceptors (Lipinski definition) is 2. The normalized spacial score (nSPS) is 16.9. The second kappa shape index (κ2) is 3.07. The molecule has 0 saturated carbocycles. The summed E-state index contributed by atoms with van der Waals surface area (Å²) in [4.78, 5) is 10.1. The van der Waals surface area contributed by atoms with Gasteiger partial charge in [-0.25, -0.2) is 0 Å². The first kappa shape index (κ1) is 8.92. The van der Waals surface area contributed by atoms with Crippen LogP contribution in [0.5, 0.6) is 0 Å². The van der Waals surface area contributed by atoms with Crippen molar-refractivity contribution in [1.82, 2.24) is 14.9 Å². The molecule has 1 aliphatic heterocycles. The average Bonchev–Trinajstić information content (AvgIpc) is 2.54. The molecule has 1 aliphatic rings. The van der Waals surface area contributed by atoms with Gasteiger partial charge in [0, 0.05) is 29.9 Å². The second-order valence-electron chi connectivity index (χ2n) is 4.44. The zero-order chi connectivity index (χ0) is 10.4. The highest BCUT2D eigenvalue weighted by Gasteiger charge is 2.17. The van der Waals surface area contributed by atoms with Crippen LogP contribution in [0.1, 0.15) is 17.0 Å². The number of hydrogen-bond donors (Lipinski definition) is 1. The molecule has 78 valence electrons. The molecule has 3 heteroatoms. The quantitative estimate of drug-likeness (QED) is 0.705. The van der Waals surface area contributed by atoms with Crippen LogP contribution in [-0.2, 0) is 13.0 Å². The molecule has 0 fully saturated rings. The topological polar surface area (TPSA) is 31.9 Å². The number of pyridine rings is 1. The van der Waals surface area contributed by atoms with Crippen molar-refractivity contribution < 1.29 is 0 Å². The molecule has 0 unspecified atom stereocenters. The molecule has 0 radical (unpaired) electrons. The van der Waals surface area contributed by atoms with Crippen LogP contribution in [0.25, 0.3) is 10.9 Å². The average molecular weight is 201 g/mol. The van der Waals surface area contributed by atoms with E-state index in [1.807, 2.05) is 13.1 Å². The molecular weight excluding hydrogens is 186 g/mol. The summed E-state index contributed by atoms with van der Waals surface area (Å²) in [5.41, 5.74) is 5.14. The molecule has 3 heterocycles. The van der Waals surface area contributed by atoms with Crippen LogP contribution in [0.4, 0.5) is 0 Å². The van der Waals surface area contributed by atoms with Crippen molar-refractivity contribution in [3.63, 3.8) is 0 Å². The minimum Gasteiger partial charge on any atom is -0.356 e. The Hall–Kier alpha value is -1.35. The maximum absolute atomic E-state index is 4.32. The van der Waals surface area contributed by atoms with E-state index in [1.54, 1.807) is 0 Å². The van der Waals surface area contributed by atoms with Gasteiger partial charge in [0.05, 0.1) is 11.7 Å². The van der Waals surface area contributed by atoms with E-state index in [-0.39, 0.29) is 0 Å². The smallest absolute Gasteiger partial charge is 0.0646 e. The van der Waals surface area contributed by atoms with Gasteiger partial charge < -0.3 is 9.88 Å². The Labute approximate surface area is 89.1 Å². The lowest BCUT2D eigenvalue weighted by Crippen LogP contribution is -2.26. The first-order chi connectivity index (χ1) is 7.24. The fraction of sp³-hybridized carbons (Fsp3) is 0.417. The van der Waals surface area contributed by atoms with Crippen molar-refractivity contribution in [1.29, 1.82) is 0 Å². The Kier molecular flexibility index (Phi) is 1.83. The van der Waals surface area contributed by atoms with Gasteiger partial charge in [-0.3, -0.25) is 4.98 Å². The fourth-order valence-electron chi connectivity index (χ4n) is 2.38. The summed E-state index contributed by atoms with van der Waals surface area (Å²) in [5, 5.41) is 1.37. The van der Waals surface area contributed by atoms with Crippen LogP contribution in [-0.4, -0.2) is 28.5 Å². The van der Waals surface area contributed by atoms with Crippen LogP contribution in [0, 0.1) is 6.92 Å². The van der Waals surface area contributed by atoms with Crippen LogP contribution in [0.15, 0.2) is 12.3 Å². The molecule has 1 N–H and O–H groups in total. The predicted octanol–water partition coefficient (Wildman–Crippen LogP) is 1.86. The van der Waals surface area contributed by atoms with E-state index in [1.165, 1.54) is 22.2 Å². The van der Waals surface area contributed by atoms with Gasteiger partial charge in [-0.15, -0.1) is 0 Å². The molecule has 3 rings (SSSR count). The highest BCUT2D eigenvalue weighted by Crippen LogP contribution is 2.26. The Balaban J connectivity index is 2.24. The summed E-state index contributed by atoms with van der Waals surface area (Å²) in [7, 11) is 2.16. The number of likely N-dealkylation sites (N-methyl/N-ethyl adjacent to an activating group) is 1. The van der Waals surface area contributed by atoms with E-state index in [2.05, 4.69) is 28.0 Å². The minimum absolute atomic E-state index is 1.03. The molecular formula is C12H15N3. The monoisotopic (exact) mass is 201 g/mol. The van der Waals surface area contributed by atoms with E-state index in [0.717, 1.165) is 25.2 Å². The number of H-pyrrole nitrogens is 1. The van der Waals surface area contributed by atoms with E-state index in [9.17, 15) is 0 Å². The first-order valence-corrected chi connectivity index (χ1v) is 5.38. The number of nitrogens with one attached hydrogen (secondary N) is 1. The molecule has 0 atom stereocenters. The lowest BCUT2D eigenvalue weighted by molar-refractivity contribution is 0.310. The van der Waals surface area contributed by atoms with Gasteiger partial charge in [-0.05, 0) is 32.0 Å². The molecule has 15 heavy (non-hydrogen) atoms. The molecule has 0 spiro atoms. The Bertz CT molecular complexity index is 513. The Morgan fingerprint density at radius 1 is 1.47 bits per heavy atom. The second-order valence-corrected chi connectivity index (χ2v) is 4.44. The molecule has 0 saturated heterocycles. The van der Waals surface area contributed by atoms with Crippen molar-refractivity contribution in [2.45, 2.75) is 19.9 Å². The molecule has 2 aromatic rings. The van der Waals surface area contributed by atoms with Gasteiger partial charge in [0.2, 0.25) is 0 Å². The summed E-state index contributed by atoms with van der Waals surface area (Å²) in [5.74, 6) is 0. The lowest BCUT2D eigenvalue weighted by atomic mass is 10.0. The van der Waals surface area contributed by atoms with Crippen LogP contribution in [0.3, 0.4) is 0 Å². The van der Waals surface area contributed by atoms with Gasteiger partial charge >= 0.3 is 0 Å². The third kappa shape index (κ3) is 1.35.